The van der Waals surface area contributed by atoms with Gasteiger partial charge in [0.25, 0.3) is 0 Å². The summed E-state index contributed by atoms with van der Waals surface area (Å²) in [4.78, 5) is 20.7. The molecule has 3 aromatic heterocycles. The Morgan fingerprint density at radius 3 is 2.89 bits per heavy atom. The van der Waals surface area contributed by atoms with Gasteiger partial charge in [0, 0.05) is 46.8 Å². The van der Waals surface area contributed by atoms with E-state index >= 15 is 0 Å². The van der Waals surface area contributed by atoms with Crippen molar-refractivity contribution in [1.29, 1.82) is 0 Å². The molecular formula is C26H24ClN5O3. The first-order valence-corrected chi connectivity index (χ1v) is 11.4. The maximum absolute atomic E-state index is 12.8. The number of nitrogens with two attached hydrogens (primary N) is 1. The number of hydrogen-bond donors (Lipinski definition) is 4. The van der Waals surface area contributed by atoms with E-state index in [0.29, 0.717) is 45.3 Å². The van der Waals surface area contributed by atoms with Crippen molar-refractivity contribution in [3.05, 3.63) is 83.3 Å². The van der Waals surface area contributed by atoms with Crippen molar-refractivity contribution in [2.75, 3.05) is 12.4 Å². The zero-order valence-corrected chi connectivity index (χ0v) is 19.7. The van der Waals surface area contributed by atoms with Crippen molar-refractivity contribution >= 4 is 39.7 Å². The van der Waals surface area contributed by atoms with Crippen molar-refractivity contribution in [2.24, 2.45) is 5.73 Å². The minimum absolute atomic E-state index is 0.188. The standard InChI is InChI=1S/C26H24ClN5O3/c1-35-24-9-16(14-33)19(11-20(24)27)23-13-32-7-6-17(10-25(32)31-23)30-26(34)21(28)8-15-12-29-22-5-3-2-4-18(15)22/h2-7,9-13,21,29,33H,8,14,28H2,1H3,(H,30,34)/t21-/m0/s1. The van der Waals surface area contributed by atoms with E-state index in [-0.39, 0.29) is 12.5 Å². The third-order valence-electron chi connectivity index (χ3n) is 6.00. The van der Waals surface area contributed by atoms with E-state index in [9.17, 15) is 9.90 Å². The minimum atomic E-state index is -0.714. The number of aromatic amines is 1. The fraction of sp³-hybridized carbons (Fsp3) is 0.154. The van der Waals surface area contributed by atoms with Crippen molar-refractivity contribution in [3.8, 4) is 17.0 Å². The SMILES string of the molecule is COc1cc(CO)c(-c2cn3ccc(NC(=O)[C@@H](N)Cc4c[nH]c5ccccc45)cc3n2)cc1Cl. The zero-order chi connectivity index (χ0) is 24.5. The highest BCUT2D eigenvalue weighted by Crippen LogP contribution is 2.34. The van der Waals surface area contributed by atoms with Crippen LogP contribution in [0.2, 0.25) is 5.02 Å². The summed E-state index contributed by atoms with van der Waals surface area (Å²) >= 11 is 6.30. The molecular weight excluding hydrogens is 466 g/mol. The van der Waals surface area contributed by atoms with Crippen LogP contribution in [-0.2, 0) is 17.8 Å². The molecule has 5 N–H and O–H groups in total. The minimum Gasteiger partial charge on any atom is -0.495 e. The maximum Gasteiger partial charge on any atom is 0.241 e. The van der Waals surface area contributed by atoms with Gasteiger partial charge in [-0.3, -0.25) is 4.79 Å². The third kappa shape index (κ3) is 4.46. The number of pyridine rings is 1. The summed E-state index contributed by atoms with van der Waals surface area (Å²) in [7, 11) is 1.52. The summed E-state index contributed by atoms with van der Waals surface area (Å²) in [6.45, 7) is -0.188. The fourth-order valence-corrected chi connectivity index (χ4v) is 4.42. The van der Waals surface area contributed by atoms with Gasteiger partial charge in [-0.15, -0.1) is 0 Å². The van der Waals surface area contributed by atoms with E-state index in [0.717, 1.165) is 16.5 Å². The molecule has 0 spiro atoms. The Hall–Kier alpha value is -3.85. The molecule has 0 fully saturated rings. The first-order chi connectivity index (χ1) is 17.0. The number of anilines is 1. The number of benzene rings is 2. The molecule has 2 aromatic carbocycles. The molecule has 1 amide bonds. The lowest BCUT2D eigenvalue weighted by Gasteiger charge is -2.12. The zero-order valence-electron chi connectivity index (χ0n) is 19.0. The highest BCUT2D eigenvalue weighted by molar-refractivity contribution is 6.32. The van der Waals surface area contributed by atoms with Crippen molar-refractivity contribution < 1.29 is 14.6 Å². The normalized spacial score (nSPS) is 12.2. The summed E-state index contributed by atoms with van der Waals surface area (Å²) in [5.74, 6) is 0.202. The Balaban J connectivity index is 1.36. The van der Waals surface area contributed by atoms with Crippen molar-refractivity contribution in [2.45, 2.75) is 19.1 Å². The molecule has 5 rings (SSSR count). The van der Waals surface area contributed by atoms with E-state index < -0.39 is 6.04 Å². The second kappa shape index (κ2) is 9.42. The third-order valence-corrected chi connectivity index (χ3v) is 6.30. The van der Waals surface area contributed by atoms with E-state index in [1.54, 1.807) is 30.5 Å². The van der Waals surface area contributed by atoms with Crippen LogP contribution in [0.15, 0.2) is 67.1 Å². The number of methoxy groups -OCH3 is 1. The van der Waals surface area contributed by atoms with Gasteiger partial charge < -0.3 is 30.3 Å². The van der Waals surface area contributed by atoms with Gasteiger partial charge in [0.2, 0.25) is 5.91 Å². The lowest BCUT2D eigenvalue weighted by molar-refractivity contribution is -0.117. The second-order valence-electron chi connectivity index (χ2n) is 8.27. The molecule has 1 atom stereocenters. The first kappa shape index (κ1) is 22.9. The molecule has 0 saturated carbocycles. The van der Waals surface area contributed by atoms with Crippen LogP contribution in [-0.4, -0.2) is 38.5 Å². The number of nitrogens with one attached hydrogen (secondary N) is 2. The summed E-state index contributed by atoms with van der Waals surface area (Å²) in [5, 5.41) is 14.2. The summed E-state index contributed by atoms with van der Waals surface area (Å²) < 4.78 is 7.07. The van der Waals surface area contributed by atoms with Gasteiger partial charge in [0.15, 0.2) is 0 Å². The number of amides is 1. The van der Waals surface area contributed by atoms with E-state index in [4.69, 9.17) is 22.1 Å². The Labute approximate surface area is 206 Å². The number of carbonyl (C=O) groups is 1. The van der Waals surface area contributed by atoms with E-state index in [1.165, 1.54) is 7.11 Å². The number of aromatic nitrogens is 3. The summed E-state index contributed by atoms with van der Waals surface area (Å²) in [5.41, 5.74) is 11.4. The van der Waals surface area contributed by atoms with Crippen LogP contribution >= 0.6 is 11.6 Å². The van der Waals surface area contributed by atoms with E-state index in [2.05, 4.69) is 15.3 Å². The van der Waals surface area contributed by atoms with Crippen molar-refractivity contribution in [1.82, 2.24) is 14.4 Å². The Kier molecular flexibility index (Phi) is 6.17. The first-order valence-electron chi connectivity index (χ1n) is 11.0. The lowest BCUT2D eigenvalue weighted by atomic mass is 10.1. The number of nitrogens with zero attached hydrogens (tertiary/aromatic N) is 2. The molecule has 35 heavy (non-hydrogen) atoms. The van der Waals surface area contributed by atoms with Gasteiger partial charge in [-0.25, -0.2) is 4.98 Å². The number of rotatable bonds is 7. The van der Waals surface area contributed by atoms with Gasteiger partial charge in [-0.2, -0.15) is 0 Å². The predicted octanol–water partition coefficient (Wildman–Crippen LogP) is 4.15. The number of aliphatic hydroxyl groups is 1. The second-order valence-corrected chi connectivity index (χ2v) is 8.68. The molecule has 0 unspecified atom stereocenters. The molecule has 9 heteroatoms. The Bertz CT molecular complexity index is 1540. The summed E-state index contributed by atoms with van der Waals surface area (Å²) in [6.07, 6.45) is 5.94. The molecule has 8 nitrogen and oxygen atoms in total. The average molecular weight is 490 g/mol. The number of H-pyrrole nitrogens is 1. The number of hydrogen-bond acceptors (Lipinski definition) is 5. The maximum atomic E-state index is 12.8. The van der Waals surface area contributed by atoms with Gasteiger partial charge in [0.1, 0.15) is 11.4 Å². The van der Waals surface area contributed by atoms with Crippen LogP contribution in [0.4, 0.5) is 5.69 Å². The molecule has 178 valence electrons. The van der Waals surface area contributed by atoms with Crippen LogP contribution in [0, 0.1) is 0 Å². The smallest absolute Gasteiger partial charge is 0.241 e. The Morgan fingerprint density at radius 2 is 2.09 bits per heavy atom. The molecule has 0 aliphatic rings. The molecule has 0 aliphatic carbocycles. The number of aliphatic hydroxyl groups excluding tert-OH is 1. The van der Waals surface area contributed by atoms with Crippen LogP contribution in [0.3, 0.4) is 0 Å². The quantitative estimate of drug-likeness (QED) is 0.274. The Morgan fingerprint density at radius 1 is 1.26 bits per heavy atom. The molecule has 0 saturated heterocycles. The van der Waals surface area contributed by atoms with Crippen LogP contribution in [0.5, 0.6) is 5.75 Å². The highest BCUT2D eigenvalue weighted by Gasteiger charge is 2.18. The lowest BCUT2D eigenvalue weighted by Crippen LogP contribution is -2.37. The van der Waals surface area contributed by atoms with Crippen LogP contribution in [0.25, 0.3) is 27.8 Å². The number of fused-ring (bicyclic) bond motifs is 2. The van der Waals surface area contributed by atoms with Crippen molar-refractivity contribution in [3.63, 3.8) is 0 Å². The highest BCUT2D eigenvalue weighted by atomic mass is 35.5. The molecule has 0 radical (unpaired) electrons. The fourth-order valence-electron chi connectivity index (χ4n) is 4.18. The van der Waals surface area contributed by atoms with Gasteiger partial charge in [-0.05, 0) is 41.8 Å². The largest absolute Gasteiger partial charge is 0.495 e. The number of imidazole rings is 1. The molecule has 3 heterocycles. The average Bonchev–Trinajstić information content (AvgIpc) is 3.47. The molecule has 0 bridgehead atoms. The van der Waals surface area contributed by atoms with Crippen LogP contribution < -0.4 is 15.8 Å². The van der Waals surface area contributed by atoms with E-state index in [1.807, 2.05) is 41.1 Å². The monoisotopic (exact) mass is 489 g/mol. The van der Waals surface area contributed by atoms with Crippen LogP contribution in [0.1, 0.15) is 11.1 Å². The predicted molar refractivity (Wildman–Crippen MR) is 137 cm³/mol. The van der Waals surface area contributed by atoms with Gasteiger partial charge in [-0.1, -0.05) is 29.8 Å². The number of ether oxygens (including phenoxy) is 1. The van der Waals surface area contributed by atoms with Gasteiger partial charge >= 0.3 is 0 Å². The topological polar surface area (TPSA) is 118 Å². The summed E-state index contributed by atoms with van der Waals surface area (Å²) in [6, 6.07) is 14.2. The number of para-hydroxylation sites is 1. The van der Waals surface area contributed by atoms with Gasteiger partial charge in [0.05, 0.1) is 30.5 Å². The molecule has 0 aliphatic heterocycles. The number of halogens is 1. The molecule has 5 aromatic rings. The number of carbonyl (C=O) groups excluding carboxylic acids is 1.